The summed E-state index contributed by atoms with van der Waals surface area (Å²) in [5, 5.41) is 5.51. The Morgan fingerprint density at radius 1 is 0.871 bits per heavy atom. The number of hydrogen-bond acceptors (Lipinski definition) is 5. The summed E-state index contributed by atoms with van der Waals surface area (Å²) >= 11 is 0. The van der Waals surface area contributed by atoms with E-state index < -0.39 is 0 Å². The molecule has 4 amide bonds. The molecule has 0 unspecified atom stereocenters. The smallest absolute Gasteiger partial charge is 0.253 e. The van der Waals surface area contributed by atoms with Crippen molar-refractivity contribution in [1.82, 2.24) is 15.5 Å². The first kappa shape index (κ1) is 28.5. The molecule has 1 heterocycles. The number of carbonyl (C=O) groups is 5. The van der Waals surface area contributed by atoms with Gasteiger partial charge < -0.3 is 10.6 Å². The number of Topliss-reactive ketones (excluding diaryl/α,β-unsaturated/α-hetero) is 1. The molecule has 0 atom stereocenters. The number of amides is 4. The van der Waals surface area contributed by atoms with Gasteiger partial charge in [0.2, 0.25) is 11.8 Å². The summed E-state index contributed by atoms with van der Waals surface area (Å²) in [6, 6.07) is 0. The average Bonchev–Trinajstić information content (AvgIpc) is 2.99. The van der Waals surface area contributed by atoms with Crippen LogP contribution in [0, 0.1) is 11.8 Å². The fourth-order valence-corrected chi connectivity index (χ4v) is 2.61. The van der Waals surface area contributed by atoms with Crippen molar-refractivity contribution in [2.75, 3.05) is 19.6 Å². The quantitative estimate of drug-likeness (QED) is 0.339. The minimum atomic E-state index is -0.288. The zero-order valence-corrected chi connectivity index (χ0v) is 19.7. The first-order chi connectivity index (χ1) is 14.5. The molecule has 0 saturated heterocycles. The molecule has 0 bridgehead atoms. The number of unbranched alkanes of at least 4 members (excludes halogenated alkanes) is 1. The highest BCUT2D eigenvalue weighted by Crippen LogP contribution is 2.06. The molecule has 176 valence electrons. The van der Waals surface area contributed by atoms with Gasteiger partial charge in [0.25, 0.3) is 11.8 Å². The molecular formula is C23H39N3O5. The third-order valence-corrected chi connectivity index (χ3v) is 4.52. The van der Waals surface area contributed by atoms with Gasteiger partial charge in [0, 0.05) is 50.5 Å². The number of carbonyl (C=O) groups excluding carboxylic acids is 5. The highest BCUT2D eigenvalue weighted by molar-refractivity contribution is 6.12. The lowest BCUT2D eigenvalue weighted by molar-refractivity contribution is -0.137. The van der Waals surface area contributed by atoms with Gasteiger partial charge >= 0.3 is 0 Å². The summed E-state index contributed by atoms with van der Waals surface area (Å²) in [5.41, 5.74) is 0. The summed E-state index contributed by atoms with van der Waals surface area (Å²) in [7, 11) is 0. The minimum absolute atomic E-state index is 0.00181. The number of rotatable bonds is 13. The molecule has 0 fully saturated rings. The van der Waals surface area contributed by atoms with Gasteiger partial charge in [-0.05, 0) is 25.7 Å². The number of nitrogens with zero attached hydrogens (tertiary/aromatic N) is 1. The SMILES string of the molecule is CC(=O)CCNC(=O)C(C)C.CC(C)CCCCNC(=O)CCCN1C(=O)C=CC1=O. The summed E-state index contributed by atoms with van der Waals surface area (Å²) in [5.74, 6) is 0.229. The van der Waals surface area contributed by atoms with Crippen molar-refractivity contribution in [2.45, 2.75) is 73.1 Å². The van der Waals surface area contributed by atoms with Gasteiger partial charge in [0.1, 0.15) is 5.78 Å². The van der Waals surface area contributed by atoms with Gasteiger partial charge in [-0.25, -0.2) is 0 Å². The topological polar surface area (TPSA) is 113 Å². The molecular weight excluding hydrogens is 398 g/mol. The molecule has 0 radical (unpaired) electrons. The molecule has 0 saturated carbocycles. The fraction of sp³-hybridized carbons (Fsp3) is 0.696. The normalized spacial score (nSPS) is 12.8. The maximum atomic E-state index is 11.6. The Morgan fingerprint density at radius 3 is 2.00 bits per heavy atom. The van der Waals surface area contributed by atoms with Gasteiger partial charge in [0.05, 0.1) is 0 Å². The Hall–Kier alpha value is -2.51. The lowest BCUT2D eigenvalue weighted by Gasteiger charge is -2.13. The molecule has 0 spiro atoms. The molecule has 2 N–H and O–H groups in total. The molecule has 8 heteroatoms. The summed E-state index contributed by atoms with van der Waals surface area (Å²) in [6.07, 6.45) is 7.12. The van der Waals surface area contributed by atoms with E-state index in [-0.39, 0.29) is 35.3 Å². The highest BCUT2D eigenvalue weighted by Gasteiger charge is 2.22. The van der Waals surface area contributed by atoms with Crippen molar-refractivity contribution < 1.29 is 24.0 Å². The number of ketones is 1. The van der Waals surface area contributed by atoms with Crippen LogP contribution in [0.1, 0.15) is 73.1 Å². The second-order valence-corrected chi connectivity index (χ2v) is 8.40. The van der Waals surface area contributed by atoms with Crippen LogP contribution in [0.4, 0.5) is 0 Å². The third-order valence-electron chi connectivity index (χ3n) is 4.52. The van der Waals surface area contributed by atoms with Crippen molar-refractivity contribution >= 4 is 29.4 Å². The number of nitrogens with one attached hydrogen (secondary N) is 2. The monoisotopic (exact) mass is 437 g/mol. The lowest BCUT2D eigenvalue weighted by Crippen LogP contribution is -2.32. The Labute approximate surface area is 186 Å². The van der Waals surface area contributed by atoms with Crippen LogP contribution in [0.2, 0.25) is 0 Å². The van der Waals surface area contributed by atoms with Crippen LogP contribution < -0.4 is 10.6 Å². The Balaban J connectivity index is 0.000000695. The molecule has 31 heavy (non-hydrogen) atoms. The largest absolute Gasteiger partial charge is 0.356 e. The van der Waals surface area contributed by atoms with E-state index in [1.807, 2.05) is 13.8 Å². The summed E-state index contributed by atoms with van der Waals surface area (Å²) < 4.78 is 0. The summed E-state index contributed by atoms with van der Waals surface area (Å²) in [4.78, 5) is 56.6. The Morgan fingerprint density at radius 2 is 1.48 bits per heavy atom. The van der Waals surface area contributed by atoms with Crippen LogP contribution >= 0.6 is 0 Å². The van der Waals surface area contributed by atoms with Crippen molar-refractivity contribution in [3.63, 3.8) is 0 Å². The van der Waals surface area contributed by atoms with Crippen LogP contribution in [0.15, 0.2) is 12.2 Å². The van der Waals surface area contributed by atoms with Gasteiger partial charge in [-0.2, -0.15) is 0 Å². The molecule has 1 rings (SSSR count). The van der Waals surface area contributed by atoms with E-state index in [2.05, 4.69) is 24.5 Å². The third kappa shape index (κ3) is 15.0. The average molecular weight is 438 g/mol. The molecule has 0 aromatic heterocycles. The van der Waals surface area contributed by atoms with Crippen molar-refractivity contribution in [3.05, 3.63) is 12.2 Å². The lowest BCUT2D eigenvalue weighted by atomic mass is 10.1. The summed E-state index contributed by atoms with van der Waals surface area (Å²) in [6.45, 7) is 11.0. The molecule has 0 aromatic carbocycles. The van der Waals surface area contributed by atoms with E-state index in [1.165, 1.54) is 25.5 Å². The van der Waals surface area contributed by atoms with E-state index in [0.29, 0.717) is 44.8 Å². The van der Waals surface area contributed by atoms with Crippen molar-refractivity contribution in [1.29, 1.82) is 0 Å². The molecule has 0 aliphatic carbocycles. The second kappa shape index (κ2) is 16.2. The Bertz CT molecular complexity index is 623. The zero-order chi connectivity index (χ0) is 23.8. The molecule has 1 aliphatic rings. The maximum Gasteiger partial charge on any atom is 0.253 e. The van der Waals surface area contributed by atoms with Crippen LogP contribution in [0.3, 0.4) is 0 Å². The van der Waals surface area contributed by atoms with E-state index in [4.69, 9.17) is 0 Å². The zero-order valence-electron chi connectivity index (χ0n) is 19.7. The van der Waals surface area contributed by atoms with Crippen LogP contribution in [0.25, 0.3) is 0 Å². The van der Waals surface area contributed by atoms with E-state index in [0.717, 1.165) is 17.7 Å². The predicted octanol–water partition coefficient (Wildman–Crippen LogP) is 2.37. The number of imide groups is 1. The standard InChI is InChI=1S/C15H24N2O3.C8H15NO2/c1-12(2)6-3-4-10-16-13(18)7-5-11-17-14(19)8-9-15(17)20;1-6(2)8(11)9-5-4-7(3)10/h8-9,12H,3-7,10-11H2,1-2H3,(H,16,18);6H,4-5H2,1-3H3,(H,9,11). The van der Waals surface area contributed by atoms with E-state index in [9.17, 15) is 24.0 Å². The molecule has 1 aliphatic heterocycles. The van der Waals surface area contributed by atoms with Gasteiger partial charge in [-0.3, -0.25) is 28.9 Å². The first-order valence-electron chi connectivity index (χ1n) is 11.1. The predicted molar refractivity (Wildman–Crippen MR) is 120 cm³/mol. The minimum Gasteiger partial charge on any atom is -0.356 e. The number of hydrogen-bond donors (Lipinski definition) is 2. The van der Waals surface area contributed by atoms with Gasteiger partial charge in [0.15, 0.2) is 0 Å². The van der Waals surface area contributed by atoms with Crippen molar-refractivity contribution in [2.24, 2.45) is 11.8 Å². The molecule has 0 aromatic rings. The van der Waals surface area contributed by atoms with Crippen LogP contribution in [-0.2, 0) is 24.0 Å². The molecule has 8 nitrogen and oxygen atoms in total. The highest BCUT2D eigenvalue weighted by atomic mass is 16.2. The van der Waals surface area contributed by atoms with Crippen LogP contribution in [-0.4, -0.2) is 53.9 Å². The maximum absolute atomic E-state index is 11.6. The Kier molecular flexibility index (Phi) is 14.9. The van der Waals surface area contributed by atoms with Gasteiger partial charge in [-0.15, -0.1) is 0 Å². The van der Waals surface area contributed by atoms with E-state index >= 15 is 0 Å². The van der Waals surface area contributed by atoms with Gasteiger partial charge in [-0.1, -0.05) is 40.5 Å². The fourth-order valence-electron chi connectivity index (χ4n) is 2.61. The first-order valence-corrected chi connectivity index (χ1v) is 11.1. The van der Waals surface area contributed by atoms with Crippen molar-refractivity contribution in [3.8, 4) is 0 Å². The van der Waals surface area contributed by atoms with Crippen LogP contribution in [0.5, 0.6) is 0 Å². The second-order valence-electron chi connectivity index (χ2n) is 8.40. The van der Waals surface area contributed by atoms with E-state index in [1.54, 1.807) is 0 Å².